The van der Waals surface area contributed by atoms with E-state index in [2.05, 4.69) is 70.5 Å². The van der Waals surface area contributed by atoms with Crippen molar-refractivity contribution >= 4 is 39.3 Å². The van der Waals surface area contributed by atoms with E-state index in [1.54, 1.807) is 0 Å². The molecule has 0 spiro atoms. The maximum Gasteiger partial charge on any atom is 0.245 e. The molecule has 3 amide bonds. The molecule has 2 atom stereocenters. The van der Waals surface area contributed by atoms with Crippen LogP contribution in [0.5, 0.6) is 0 Å². The van der Waals surface area contributed by atoms with Gasteiger partial charge in [-0.3, -0.25) is 14.4 Å². The van der Waals surface area contributed by atoms with E-state index in [0.29, 0.717) is 38.9 Å². The van der Waals surface area contributed by atoms with Gasteiger partial charge in [0.25, 0.3) is 0 Å². The minimum Gasteiger partial charge on any atom is -0.344 e. The largest absolute Gasteiger partial charge is 0.344 e. The molecule has 0 aromatic heterocycles. The van der Waals surface area contributed by atoms with Gasteiger partial charge >= 0.3 is 0 Å². The molecule has 52 heavy (non-hydrogen) atoms. The molecule has 1 heterocycles. The van der Waals surface area contributed by atoms with E-state index in [4.69, 9.17) is 5.73 Å². The second-order valence-corrected chi connectivity index (χ2v) is 14.0. The first-order chi connectivity index (χ1) is 25.5. The van der Waals surface area contributed by atoms with E-state index in [1.165, 1.54) is 0 Å². The molecule has 0 saturated carbocycles. The first-order valence-electron chi connectivity index (χ1n) is 18.8. The fourth-order valence-electron chi connectivity index (χ4n) is 7.17. The number of nitrogens with zero attached hydrogens (tertiary/aromatic N) is 1. The van der Waals surface area contributed by atoms with Gasteiger partial charge in [-0.1, -0.05) is 115 Å². The van der Waals surface area contributed by atoms with Gasteiger partial charge in [0.15, 0.2) is 0 Å². The maximum absolute atomic E-state index is 14.6. The number of carbonyl (C=O) groups excluding carboxylic acids is 3. The van der Waals surface area contributed by atoms with Crippen molar-refractivity contribution in [3.8, 4) is 0 Å². The van der Waals surface area contributed by atoms with Gasteiger partial charge < -0.3 is 26.6 Å². The van der Waals surface area contributed by atoms with Crippen LogP contribution in [-0.4, -0.2) is 67.4 Å². The van der Waals surface area contributed by atoms with Crippen LogP contribution in [0.4, 0.5) is 0 Å². The van der Waals surface area contributed by atoms with Crippen LogP contribution in [-0.2, 0) is 33.6 Å². The lowest BCUT2D eigenvalue weighted by atomic mass is 9.95. The molecule has 1 aliphatic heterocycles. The summed E-state index contributed by atoms with van der Waals surface area (Å²) in [7, 11) is 0. The molecule has 6 rings (SSSR count). The molecule has 1 saturated heterocycles. The first-order valence-corrected chi connectivity index (χ1v) is 18.8. The maximum atomic E-state index is 14.6. The van der Waals surface area contributed by atoms with Gasteiger partial charge in [-0.15, -0.1) is 0 Å². The van der Waals surface area contributed by atoms with Crippen LogP contribution in [0.1, 0.15) is 42.4 Å². The molecule has 5 N–H and O–H groups in total. The molecule has 0 unspecified atom stereocenters. The number of rotatable bonds is 16. The van der Waals surface area contributed by atoms with Crippen molar-refractivity contribution < 1.29 is 14.4 Å². The standard InChI is InChI=1S/C44H51N5O3/c45-23-8-9-26-49(27-22-32-10-2-1-3-11-32)44(52)41(31-34-17-19-36-13-5-7-15-39(36)29-34)48-43(51)40(47-42(50)37-20-24-46-25-21-37)30-33-16-18-35-12-4-6-14-38(35)28-33/h1-7,10-19,28-29,37,40-41,46H,8-9,20-27,30-31,45H2,(H,47,50)(H,48,51)/t40-,41-/m1/s1. The van der Waals surface area contributed by atoms with Gasteiger partial charge in [0.05, 0.1) is 0 Å². The number of amides is 3. The molecular formula is C44H51N5O3. The monoisotopic (exact) mass is 697 g/mol. The fourth-order valence-corrected chi connectivity index (χ4v) is 7.17. The van der Waals surface area contributed by atoms with Gasteiger partial charge in [0.2, 0.25) is 17.7 Å². The predicted octanol–water partition coefficient (Wildman–Crippen LogP) is 5.56. The summed E-state index contributed by atoms with van der Waals surface area (Å²) in [5, 5.41) is 14.0. The van der Waals surface area contributed by atoms with Crippen LogP contribution in [0.2, 0.25) is 0 Å². The zero-order chi connectivity index (χ0) is 36.1. The molecule has 8 nitrogen and oxygen atoms in total. The van der Waals surface area contributed by atoms with Gasteiger partial charge in [0.1, 0.15) is 12.1 Å². The number of nitrogens with two attached hydrogens (primary N) is 1. The average molecular weight is 698 g/mol. The molecule has 5 aromatic carbocycles. The lowest BCUT2D eigenvalue weighted by molar-refractivity contribution is -0.137. The van der Waals surface area contributed by atoms with E-state index >= 15 is 0 Å². The predicted molar refractivity (Wildman–Crippen MR) is 210 cm³/mol. The summed E-state index contributed by atoms with van der Waals surface area (Å²) in [6, 6.07) is 37.0. The number of unbranched alkanes of at least 4 members (excludes halogenated alkanes) is 1. The Labute approximate surface area is 307 Å². The number of hydrogen-bond acceptors (Lipinski definition) is 5. The van der Waals surface area contributed by atoms with E-state index in [1.807, 2.05) is 65.6 Å². The zero-order valence-electron chi connectivity index (χ0n) is 29.9. The Hall–Kier alpha value is -5.05. The summed E-state index contributed by atoms with van der Waals surface area (Å²) in [6.45, 7) is 3.14. The Morgan fingerprint density at radius 2 is 1.23 bits per heavy atom. The van der Waals surface area contributed by atoms with Crippen molar-refractivity contribution in [2.45, 2.75) is 57.0 Å². The summed E-state index contributed by atoms with van der Waals surface area (Å²) < 4.78 is 0. The van der Waals surface area contributed by atoms with Gasteiger partial charge in [0, 0.05) is 31.8 Å². The Kier molecular flexibility index (Phi) is 13.0. The molecule has 0 radical (unpaired) electrons. The number of nitrogens with one attached hydrogen (secondary N) is 3. The van der Waals surface area contributed by atoms with Crippen LogP contribution in [0.25, 0.3) is 21.5 Å². The zero-order valence-corrected chi connectivity index (χ0v) is 29.9. The molecule has 270 valence electrons. The van der Waals surface area contributed by atoms with E-state index in [-0.39, 0.29) is 23.6 Å². The smallest absolute Gasteiger partial charge is 0.245 e. The summed E-state index contributed by atoms with van der Waals surface area (Å²) in [6.07, 6.45) is 4.33. The highest BCUT2D eigenvalue weighted by Gasteiger charge is 2.32. The van der Waals surface area contributed by atoms with E-state index < -0.39 is 12.1 Å². The summed E-state index contributed by atoms with van der Waals surface area (Å²) >= 11 is 0. The molecular weight excluding hydrogens is 647 g/mol. The Bertz CT molecular complexity index is 1940. The third kappa shape index (κ3) is 10.0. The second-order valence-electron chi connectivity index (χ2n) is 14.0. The molecule has 1 aliphatic rings. The third-order valence-electron chi connectivity index (χ3n) is 10.2. The average Bonchev–Trinajstić information content (AvgIpc) is 3.19. The van der Waals surface area contributed by atoms with Crippen molar-refractivity contribution in [3.63, 3.8) is 0 Å². The molecule has 8 heteroatoms. The highest BCUT2D eigenvalue weighted by atomic mass is 16.2. The number of carbonyl (C=O) groups is 3. The highest BCUT2D eigenvalue weighted by Crippen LogP contribution is 2.20. The summed E-state index contributed by atoms with van der Waals surface area (Å²) in [4.78, 5) is 44.6. The SMILES string of the molecule is NCCCCN(CCc1ccccc1)C(=O)[C@@H](Cc1ccc2ccccc2c1)NC(=O)[C@@H](Cc1ccc2ccccc2c1)NC(=O)C1CCNCC1. The highest BCUT2D eigenvalue weighted by molar-refractivity contribution is 5.93. The Morgan fingerprint density at radius 1 is 0.654 bits per heavy atom. The quantitative estimate of drug-likeness (QED) is 0.101. The lowest BCUT2D eigenvalue weighted by Crippen LogP contribution is -2.56. The normalized spacial score (nSPS) is 14.5. The van der Waals surface area contributed by atoms with Crippen molar-refractivity contribution in [1.82, 2.24) is 20.9 Å². The van der Waals surface area contributed by atoms with E-state index in [9.17, 15) is 14.4 Å². The fraction of sp³-hybridized carbons (Fsp3) is 0.341. The first kappa shape index (κ1) is 36.7. The van der Waals surface area contributed by atoms with E-state index in [0.717, 1.165) is 77.0 Å². The molecule has 5 aromatic rings. The Balaban J connectivity index is 1.29. The van der Waals surface area contributed by atoms with Crippen LogP contribution in [0.15, 0.2) is 115 Å². The van der Waals surface area contributed by atoms with Crippen molar-refractivity contribution in [2.75, 3.05) is 32.7 Å². The van der Waals surface area contributed by atoms with Gasteiger partial charge in [-0.25, -0.2) is 0 Å². The number of hydrogen-bond donors (Lipinski definition) is 4. The Morgan fingerprint density at radius 3 is 1.85 bits per heavy atom. The molecule has 0 bridgehead atoms. The topological polar surface area (TPSA) is 117 Å². The van der Waals surface area contributed by atoms with Crippen molar-refractivity contribution in [3.05, 3.63) is 132 Å². The van der Waals surface area contributed by atoms with Crippen LogP contribution in [0, 0.1) is 5.92 Å². The number of piperidine rings is 1. The van der Waals surface area contributed by atoms with Crippen molar-refractivity contribution in [1.29, 1.82) is 0 Å². The van der Waals surface area contributed by atoms with Crippen molar-refractivity contribution in [2.24, 2.45) is 11.7 Å². The molecule has 1 fully saturated rings. The van der Waals surface area contributed by atoms with Gasteiger partial charge in [-0.05, 0) is 90.0 Å². The molecule has 0 aliphatic carbocycles. The number of benzene rings is 5. The minimum atomic E-state index is -0.856. The van der Waals surface area contributed by atoms with Gasteiger partial charge in [-0.2, -0.15) is 0 Å². The van der Waals surface area contributed by atoms with Crippen LogP contribution < -0.4 is 21.7 Å². The number of fused-ring (bicyclic) bond motifs is 2. The third-order valence-corrected chi connectivity index (χ3v) is 10.2. The minimum absolute atomic E-state index is 0.119. The summed E-state index contributed by atoms with van der Waals surface area (Å²) in [5.41, 5.74) is 8.88. The van der Waals surface area contributed by atoms with Crippen LogP contribution >= 0.6 is 0 Å². The van der Waals surface area contributed by atoms with Crippen LogP contribution in [0.3, 0.4) is 0 Å². The second kappa shape index (κ2) is 18.4. The summed E-state index contributed by atoms with van der Waals surface area (Å²) in [5.74, 6) is -0.784. The lowest BCUT2D eigenvalue weighted by Gasteiger charge is -2.30.